The predicted octanol–water partition coefficient (Wildman–Crippen LogP) is 2.93. The molecule has 0 saturated carbocycles. The fourth-order valence-electron chi connectivity index (χ4n) is 3.40. The molecule has 1 aromatic carbocycles. The smallest absolute Gasteiger partial charge is 0.223 e. The molecular weight excluding hydrogens is 503 g/mol. The van der Waals surface area contributed by atoms with E-state index < -0.39 is 0 Å². The normalized spacial score (nSPS) is 17.2. The van der Waals surface area contributed by atoms with Crippen LogP contribution in [-0.2, 0) is 14.3 Å². The van der Waals surface area contributed by atoms with E-state index >= 15 is 0 Å². The zero-order valence-corrected chi connectivity index (χ0v) is 23.6. The first-order valence-electron chi connectivity index (χ1n) is 13.3. The molecular formula is C28H43FN6O4. The van der Waals surface area contributed by atoms with Crippen LogP contribution in [0.4, 0.5) is 10.3 Å². The van der Waals surface area contributed by atoms with Crippen molar-refractivity contribution in [3.8, 4) is 0 Å². The topological polar surface area (TPSA) is 121 Å². The Kier molecular flexibility index (Phi) is 14.2. The van der Waals surface area contributed by atoms with E-state index in [0.717, 1.165) is 48.6 Å². The number of morpholine rings is 1. The molecule has 1 saturated heterocycles. The maximum atomic E-state index is 13.3. The van der Waals surface area contributed by atoms with Crippen molar-refractivity contribution in [3.05, 3.63) is 53.6 Å². The van der Waals surface area contributed by atoms with E-state index in [1.54, 1.807) is 30.3 Å². The van der Waals surface area contributed by atoms with Gasteiger partial charge in [-0.2, -0.15) is 0 Å². The maximum Gasteiger partial charge on any atom is 0.223 e. The van der Waals surface area contributed by atoms with Crippen LogP contribution in [0.3, 0.4) is 0 Å². The number of hydrogen-bond acceptors (Lipinski definition) is 9. The van der Waals surface area contributed by atoms with E-state index in [0.29, 0.717) is 38.3 Å². The zero-order chi connectivity index (χ0) is 28.6. The van der Waals surface area contributed by atoms with Crippen molar-refractivity contribution in [1.29, 1.82) is 0 Å². The number of hydrogen-bond donors (Lipinski definition) is 4. The van der Waals surface area contributed by atoms with Crippen LogP contribution in [0.25, 0.3) is 11.4 Å². The first-order valence-corrected chi connectivity index (χ1v) is 13.3. The summed E-state index contributed by atoms with van der Waals surface area (Å²) in [6, 6.07) is 8.52. The lowest BCUT2D eigenvalue weighted by Crippen LogP contribution is -2.36. The van der Waals surface area contributed by atoms with Crippen molar-refractivity contribution < 1.29 is 23.8 Å². The van der Waals surface area contributed by atoms with Crippen LogP contribution >= 0.6 is 0 Å². The van der Waals surface area contributed by atoms with Crippen LogP contribution in [-0.4, -0.2) is 85.2 Å². The molecule has 3 heterocycles. The van der Waals surface area contributed by atoms with E-state index in [-0.39, 0.29) is 18.0 Å². The Bertz CT molecular complexity index is 1020. The molecule has 1 aromatic heterocycles. The molecule has 0 bridgehead atoms. The maximum absolute atomic E-state index is 13.3. The van der Waals surface area contributed by atoms with Gasteiger partial charge in [0.1, 0.15) is 12.0 Å². The minimum Gasteiger partial charge on any atom is -0.396 e. The third-order valence-electron chi connectivity index (χ3n) is 5.81. The standard InChI is InChI=1S/C19H24FN5O.C5H9NO2.C4H10O/c1-4-12(2)22-19-21-10-9-15(23-19)18-17(24-16(25-18)11-26-3)13-5-7-14(20)8-6-13;7-5-6-1-3-8-4-2-6;1-4(2)3-5/h5-10,12,16,24-25H,4,11H2,1-3H3,(H,21,22,23);5H,1-4H2;4-5H,3H2,1-2H3. The number of anilines is 1. The van der Waals surface area contributed by atoms with Crippen LogP contribution in [0, 0.1) is 11.7 Å². The van der Waals surface area contributed by atoms with Crippen LogP contribution in [0.15, 0.2) is 36.5 Å². The Labute approximate surface area is 231 Å². The summed E-state index contributed by atoms with van der Waals surface area (Å²) < 4.78 is 23.5. The highest BCUT2D eigenvalue weighted by molar-refractivity contribution is 5.90. The number of nitrogens with one attached hydrogen (secondary N) is 3. The molecule has 4 rings (SSSR count). The van der Waals surface area contributed by atoms with Gasteiger partial charge in [-0.3, -0.25) is 4.79 Å². The summed E-state index contributed by atoms with van der Waals surface area (Å²) in [5.74, 6) is 0.757. The molecule has 10 nitrogen and oxygen atoms in total. The molecule has 2 aromatic rings. The highest BCUT2D eigenvalue weighted by Crippen LogP contribution is 2.27. The molecule has 2 unspecified atom stereocenters. The Balaban J connectivity index is 0.000000337. The van der Waals surface area contributed by atoms with Crippen molar-refractivity contribution >= 4 is 23.8 Å². The number of halogens is 1. The van der Waals surface area contributed by atoms with Crippen molar-refractivity contribution in [2.75, 3.05) is 51.9 Å². The van der Waals surface area contributed by atoms with Gasteiger partial charge in [-0.25, -0.2) is 14.4 Å². The summed E-state index contributed by atoms with van der Waals surface area (Å²) in [4.78, 5) is 20.7. The molecule has 2 aliphatic rings. The number of ether oxygens (including phenoxy) is 2. The number of rotatable bonds is 9. The van der Waals surface area contributed by atoms with Gasteiger partial charge in [0, 0.05) is 44.6 Å². The van der Waals surface area contributed by atoms with Gasteiger partial charge in [0.05, 0.1) is 36.9 Å². The summed E-state index contributed by atoms with van der Waals surface area (Å²) in [6.07, 6.45) is 3.49. The number of carbonyl (C=O) groups is 1. The van der Waals surface area contributed by atoms with E-state index in [9.17, 15) is 9.18 Å². The Hall–Kier alpha value is -3.28. The van der Waals surface area contributed by atoms with Crippen molar-refractivity contribution in [2.24, 2.45) is 5.92 Å². The fraction of sp³-hybridized carbons (Fsp3) is 0.536. The number of nitrogens with zero attached hydrogens (tertiary/aromatic N) is 3. The molecule has 0 spiro atoms. The van der Waals surface area contributed by atoms with E-state index in [4.69, 9.17) is 14.6 Å². The molecule has 1 amide bonds. The van der Waals surface area contributed by atoms with Crippen LogP contribution in [0.1, 0.15) is 45.4 Å². The Morgan fingerprint density at radius 3 is 2.36 bits per heavy atom. The SMILES string of the molecule is CC(C)CO.CCC(C)Nc1nccc(C2=C(c3ccc(F)cc3)NC(COC)N2)n1.O=CN1CCOCC1. The van der Waals surface area contributed by atoms with Gasteiger partial charge in [0.2, 0.25) is 12.4 Å². The number of methoxy groups -OCH3 is 1. The highest BCUT2D eigenvalue weighted by atomic mass is 19.1. The minimum absolute atomic E-state index is 0.0870. The van der Waals surface area contributed by atoms with Gasteiger partial charge in [0.25, 0.3) is 0 Å². The molecule has 11 heteroatoms. The second kappa shape index (κ2) is 17.3. The molecule has 4 N–H and O–H groups in total. The van der Waals surface area contributed by atoms with Crippen molar-refractivity contribution in [1.82, 2.24) is 25.5 Å². The second-order valence-electron chi connectivity index (χ2n) is 9.60. The largest absolute Gasteiger partial charge is 0.396 e. The van der Waals surface area contributed by atoms with Gasteiger partial charge < -0.3 is 35.4 Å². The quantitative estimate of drug-likeness (QED) is 0.352. The third kappa shape index (κ3) is 11.2. The summed E-state index contributed by atoms with van der Waals surface area (Å²) in [5.41, 5.74) is 3.34. The predicted molar refractivity (Wildman–Crippen MR) is 151 cm³/mol. The number of amides is 1. The first-order chi connectivity index (χ1) is 18.8. The molecule has 2 atom stereocenters. The van der Waals surface area contributed by atoms with E-state index in [1.165, 1.54) is 12.1 Å². The summed E-state index contributed by atoms with van der Waals surface area (Å²) in [6.45, 7) is 11.8. The summed E-state index contributed by atoms with van der Waals surface area (Å²) in [7, 11) is 1.65. The van der Waals surface area contributed by atoms with E-state index in [2.05, 4.69) is 39.8 Å². The van der Waals surface area contributed by atoms with Crippen LogP contribution < -0.4 is 16.0 Å². The van der Waals surface area contributed by atoms with E-state index in [1.807, 2.05) is 19.9 Å². The highest BCUT2D eigenvalue weighted by Gasteiger charge is 2.25. The van der Waals surface area contributed by atoms with Gasteiger partial charge in [-0.1, -0.05) is 20.8 Å². The average molecular weight is 547 g/mol. The van der Waals surface area contributed by atoms with Crippen molar-refractivity contribution in [3.63, 3.8) is 0 Å². The number of aliphatic hydroxyl groups is 1. The third-order valence-corrected chi connectivity index (χ3v) is 5.81. The molecule has 0 radical (unpaired) electrons. The van der Waals surface area contributed by atoms with Crippen LogP contribution in [0.2, 0.25) is 0 Å². The average Bonchev–Trinajstić information content (AvgIpc) is 3.38. The lowest BCUT2D eigenvalue weighted by atomic mass is 10.1. The summed E-state index contributed by atoms with van der Waals surface area (Å²) in [5, 5.41) is 18.2. The number of aromatic nitrogens is 2. The lowest BCUT2D eigenvalue weighted by molar-refractivity contribution is -0.121. The van der Waals surface area contributed by atoms with Crippen molar-refractivity contribution in [2.45, 2.75) is 46.3 Å². The van der Waals surface area contributed by atoms with Crippen LogP contribution in [0.5, 0.6) is 0 Å². The van der Waals surface area contributed by atoms with Gasteiger partial charge in [-0.15, -0.1) is 0 Å². The lowest BCUT2D eigenvalue weighted by Gasteiger charge is -2.21. The monoisotopic (exact) mass is 546 g/mol. The number of aliphatic hydroxyl groups excluding tert-OH is 1. The summed E-state index contributed by atoms with van der Waals surface area (Å²) >= 11 is 0. The number of benzene rings is 1. The molecule has 2 aliphatic heterocycles. The molecule has 39 heavy (non-hydrogen) atoms. The molecule has 0 aliphatic carbocycles. The Morgan fingerprint density at radius 1 is 1.18 bits per heavy atom. The van der Waals surface area contributed by atoms with Gasteiger partial charge in [0.15, 0.2) is 0 Å². The zero-order valence-electron chi connectivity index (χ0n) is 23.6. The molecule has 1 fully saturated rings. The minimum atomic E-state index is -0.266. The second-order valence-corrected chi connectivity index (χ2v) is 9.60. The van der Waals surface area contributed by atoms with Gasteiger partial charge in [-0.05, 0) is 49.6 Å². The van der Waals surface area contributed by atoms with Gasteiger partial charge >= 0.3 is 0 Å². The first kappa shape index (κ1) is 31.9. The fourth-order valence-corrected chi connectivity index (χ4v) is 3.40. The number of carbonyl (C=O) groups excluding carboxylic acids is 1. The Morgan fingerprint density at radius 2 is 1.82 bits per heavy atom. The molecule has 216 valence electrons.